The lowest BCUT2D eigenvalue weighted by Crippen LogP contribution is -2.28. The number of ether oxygens (including phenoxy) is 16. The monoisotopic (exact) mass is 2030 g/mol. The van der Waals surface area contributed by atoms with Crippen molar-refractivity contribution in [2.45, 2.75) is 238 Å². The first-order valence-corrected chi connectivity index (χ1v) is 51.7. The summed E-state index contributed by atoms with van der Waals surface area (Å²) in [5.41, 5.74) is 0.985. The largest absolute Gasteiger partial charge is 0.497 e. The van der Waals surface area contributed by atoms with Gasteiger partial charge in [0, 0.05) is 65.8 Å². The van der Waals surface area contributed by atoms with Gasteiger partial charge >= 0.3 is 53.7 Å². The van der Waals surface area contributed by atoms with Gasteiger partial charge in [-0.25, -0.2) is 33.8 Å². The van der Waals surface area contributed by atoms with E-state index in [1.807, 2.05) is 67.8 Å². The van der Waals surface area contributed by atoms with E-state index in [1.165, 1.54) is 79.8 Å². The van der Waals surface area contributed by atoms with Crippen molar-refractivity contribution in [3.8, 4) is 50.1 Å². The van der Waals surface area contributed by atoms with Crippen molar-refractivity contribution in [2.24, 2.45) is 35.5 Å². The van der Waals surface area contributed by atoms with Crippen molar-refractivity contribution < 1.29 is 129 Å². The Kier molecular flexibility index (Phi) is 58.7. The number of carbonyl (C=O) groups is 11. The second kappa shape index (κ2) is 69.7. The molecule has 0 spiro atoms. The molecule has 4 saturated carbocycles. The van der Waals surface area contributed by atoms with Crippen LogP contribution in [0.4, 0.5) is 0 Å². The number of ketones is 2. The lowest BCUT2D eigenvalue weighted by Gasteiger charge is -2.27. The number of rotatable bonds is 52. The maximum Gasteiger partial charge on any atom is 0.338 e. The molecule has 0 saturated heterocycles. The third kappa shape index (κ3) is 47.1. The van der Waals surface area contributed by atoms with E-state index in [1.54, 1.807) is 90.0 Å². The zero-order valence-electron chi connectivity index (χ0n) is 83.0. The van der Waals surface area contributed by atoms with Crippen molar-refractivity contribution in [1.29, 1.82) is 0 Å². The number of hydrogen-bond donors (Lipinski definition) is 0. The number of halogens is 1. The number of aromatic nitrogens is 1. The molecule has 0 aliphatic heterocycles. The molecule has 0 unspecified atom stereocenters. The van der Waals surface area contributed by atoms with Crippen LogP contribution < -0.4 is 33.2 Å². The molecule has 0 amide bonds. The smallest absolute Gasteiger partial charge is 0.338 e. The molecule has 141 heavy (non-hydrogen) atoms. The maximum absolute atomic E-state index is 13.2. The van der Waals surface area contributed by atoms with Gasteiger partial charge in [0.05, 0.1) is 126 Å². The molecule has 32 heteroatoms. The fraction of sp³-hybridized carbons (Fsp3) is 0.523. The molecule has 3 heterocycles. The van der Waals surface area contributed by atoms with Crippen molar-refractivity contribution >= 4 is 131 Å². The Morgan fingerprint density at radius 2 is 0.674 bits per heavy atom. The van der Waals surface area contributed by atoms with E-state index < -0.39 is 11.9 Å². The minimum atomic E-state index is -0.420. The summed E-state index contributed by atoms with van der Waals surface area (Å²) < 4.78 is 87.1. The summed E-state index contributed by atoms with van der Waals surface area (Å²) in [5.74, 6) is 2.53. The molecular weight excluding hydrogens is 1890 g/mol. The maximum atomic E-state index is 13.2. The quantitative estimate of drug-likeness (QED) is 0.0112. The Balaban J connectivity index is 0.000000270. The summed E-state index contributed by atoms with van der Waals surface area (Å²) >= 11 is 10.7. The SMILES string of the molecule is C=CC(=O)OCCCCCCC1CCC(OC)CC1.C=CC(=O)OCCCCCCOC(=O)c1ccc(OC)cc1.C=CC(=O)OCCCCCCOc1ccc(OC)cc1.C=CC(=O)OCCCCOC(=O)C1CCC(OC)CC1.C=CC(=O)OCCCCOc1ccc(OC)cc1.CC(=O)C1CCC(C(=O)Oc2ccc(OC(=O)C3CCC(C(C)=O)CC3)c3sc(-c4cc5sc(Cl)cc5s4)nc23)CC1. The zero-order chi connectivity index (χ0) is 102. The lowest BCUT2D eigenvalue weighted by atomic mass is 9.80. The van der Waals surface area contributed by atoms with E-state index in [-0.39, 0.29) is 82.9 Å². The third-order valence-corrected chi connectivity index (χ3v) is 27.9. The molecule has 0 radical (unpaired) electrons. The van der Waals surface area contributed by atoms with Gasteiger partial charge in [0.25, 0.3) is 0 Å². The Hall–Kier alpha value is -11.1. The van der Waals surface area contributed by atoms with Crippen molar-refractivity contribution in [1.82, 2.24) is 4.98 Å². The van der Waals surface area contributed by atoms with Crippen LogP contribution in [-0.4, -0.2) is 177 Å². The molecule has 4 aliphatic carbocycles. The molecule has 4 fully saturated rings. The number of methoxy groups -OCH3 is 5. The lowest BCUT2D eigenvalue weighted by molar-refractivity contribution is -0.151. The van der Waals surface area contributed by atoms with Crippen LogP contribution in [-0.2, 0) is 90.6 Å². The van der Waals surface area contributed by atoms with Crippen LogP contribution in [0, 0.1) is 35.5 Å². The van der Waals surface area contributed by atoms with Gasteiger partial charge < -0.3 is 75.8 Å². The average molecular weight is 2030 g/mol. The molecule has 4 aliphatic rings. The molecule has 0 N–H and O–H groups in total. The van der Waals surface area contributed by atoms with Crippen LogP contribution in [0.25, 0.3) is 29.5 Å². The summed E-state index contributed by atoms with van der Waals surface area (Å²) in [4.78, 5) is 133. The number of benzene rings is 4. The molecule has 28 nitrogen and oxygen atoms in total. The number of carbonyl (C=O) groups excluding carboxylic acids is 11. The number of thiazole rings is 1. The Morgan fingerprint density at radius 3 is 1.07 bits per heavy atom. The molecule has 7 aromatic rings. The van der Waals surface area contributed by atoms with Crippen LogP contribution in [0.1, 0.15) is 236 Å². The second-order valence-corrected chi connectivity index (χ2v) is 38.1. The average Bonchev–Trinajstić information content (AvgIpc) is 1.61. The van der Waals surface area contributed by atoms with Gasteiger partial charge in [-0.15, -0.1) is 34.0 Å². The van der Waals surface area contributed by atoms with Crippen molar-refractivity contribution in [3.05, 3.63) is 170 Å². The molecular formula is C109H144ClNO27S3. The van der Waals surface area contributed by atoms with Crippen LogP contribution in [0.3, 0.4) is 0 Å². The molecule has 772 valence electrons. The standard InChI is InChI=1S/C31H30ClNO6S3.C17H22O5.C16H22O4.C16H28O3.C15H24O5.C14H18O4/c1-15(34)17-3-7-19(8-4-17)30(36)38-21-11-12-22(39-31(37)20-9-5-18(6-10-20)16(2)35)28-27(21)33-29(42-28)25-13-23-24(40-25)14-26(32)41-23;1-3-16(18)21-12-6-4-5-7-13-22-17(19)14-8-10-15(20-2)11-9-14;1-3-16(17)20-13-7-5-4-6-12-19-15-10-8-14(18-2)9-11-15;1-3-16(17)19-13-7-5-4-6-8-14-9-11-15(18-2)12-10-14;1-3-14(16)19-10-4-5-11-20-15(17)12-6-8-13(18-2)9-7-12;1-3-14(15)18-11-5-4-10-17-13-8-6-12(16-2)7-9-13/h11-14,17-20H,3-10H2,1-2H3;3,8-11H,1,4-7,12-13H2,2H3;3,8-11H,1,4-7,12-13H2,2H3;3,14-15H,1,4-13H2,2H3;3,12-13H,1,4-11H2,2H3;3,6-9H,1,4-5,10-11H2,2H3. The Bertz CT molecular complexity index is 4830. The highest BCUT2D eigenvalue weighted by Crippen LogP contribution is 2.47. The van der Waals surface area contributed by atoms with Crippen LogP contribution in [0.5, 0.6) is 40.2 Å². The van der Waals surface area contributed by atoms with Crippen molar-refractivity contribution in [2.75, 3.05) is 95.0 Å². The summed E-state index contributed by atoms with van der Waals surface area (Å²) in [6, 6.07) is 29.1. The van der Waals surface area contributed by atoms with E-state index in [0.29, 0.717) is 169 Å². The number of unbranched alkanes of at least 4 members (excludes halogenated alkanes) is 11. The van der Waals surface area contributed by atoms with Gasteiger partial charge in [-0.05, 0) is 303 Å². The van der Waals surface area contributed by atoms with Crippen LogP contribution in [0.15, 0.2) is 160 Å². The Labute approximate surface area is 847 Å². The van der Waals surface area contributed by atoms with Gasteiger partial charge in [0.15, 0.2) is 11.5 Å². The minimum absolute atomic E-state index is 0.0139. The second-order valence-electron chi connectivity index (χ2n) is 34.3. The number of Topliss-reactive ketones (excluding diaryl/α,β-unsaturated/α-hetero) is 2. The highest BCUT2D eigenvalue weighted by Gasteiger charge is 2.34. The summed E-state index contributed by atoms with van der Waals surface area (Å²) in [6.07, 6.45) is 36.9. The normalized spacial score (nSPS) is 17.2. The van der Waals surface area contributed by atoms with Gasteiger partial charge in [0.2, 0.25) is 0 Å². The highest BCUT2D eigenvalue weighted by molar-refractivity contribution is 7.33. The molecule has 3 aromatic heterocycles. The zero-order valence-corrected chi connectivity index (χ0v) is 86.3. The number of fused-ring (bicyclic) bond motifs is 2. The number of esters is 9. The Morgan fingerprint density at radius 1 is 0.348 bits per heavy atom. The number of hydrogen-bond acceptors (Lipinski definition) is 31. The molecule has 11 rings (SSSR count). The third-order valence-electron chi connectivity index (χ3n) is 24.2. The van der Waals surface area contributed by atoms with E-state index in [0.717, 1.165) is 173 Å². The van der Waals surface area contributed by atoms with E-state index >= 15 is 0 Å². The van der Waals surface area contributed by atoms with Gasteiger partial charge in [-0.3, -0.25) is 24.0 Å². The van der Waals surface area contributed by atoms with Crippen LogP contribution >= 0.6 is 45.6 Å². The van der Waals surface area contributed by atoms with Gasteiger partial charge in [-0.2, -0.15) is 0 Å². The predicted molar refractivity (Wildman–Crippen MR) is 548 cm³/mol. The molecule has 0 atom stereocenters. The summed E-state index contributed by atoms with van der Waals surface area (Å²) in [5, 5.41) is 0.735. The molecule has 0 bridgehead atoms. The molecule has 4 aromatic carbocycles. The topological polar surface area (TPSA) is 348 Å². The number of nitrogens with zero attached hydrogens (tertiary/aromatic N) is 1. The van der Waals surface area contributed by atoms with Crippen molar-refractivity contribution in [3.63, 3.8) is 0 Å². The van der Waals surface area contributed by atoms with Gasteiger partial charge in [-0.1, -0.05) is 70.2 Å². The fourth-order valence-electron chi connectivity index (χ4n) is 15.7. The van der Waals surface area contributed by atoms with Gasteiger partial charge in [0.1, 0.15) is 55.5 Å². The highest BCUT2D eigenvalue weighted by atomic mass is 35.5. The first kappa shape index (κ1) is 119. The summed E-state index contributed by atoms with van der Waals surface area (Å²) in [7, 11) is 8.38. The van der Waals surface area contributed by atoms with E-state index in [4.69, 9.17) is 92.4 Å². The minimum Gasteiger partial charge on any atom is -0.497 e. The first-order valence-electron chi connectivity index (χ1n) is 48.9. The van der Waals surface area contributed by atoms with E-state index in [9.17, 15) is 52.7 Å². The summed E-state index contributed by atoms with van der Waals surface area (Å²) in [6.45, 7) is 24.1. The predicted octanol–water partition coefficient (Wildman–Crippen LogP) is 23.7. The number of thiophene rings is 2. The fourth-order valence-corrected chi connectivity index (χ4v) is 19.4. The first-order chi connectivity index (χ1) is 68.3. The van der Waals surface area contributed by atoms with Crippen LogP contribution in [0.2, 0.25) is 4.34 Å². The van der Waals surface area contributed by atoms with E-state index in [2.05, 4.69) is 32.9 Å².